The molecule has 0 aliphatic rings. The second-order valence-electron chi connectivity index (χ2n) is 5.23. The molecule has 0 spiro atoms. The first kappa shape index (κ1) is 14.6. The van der Waals surface area contributed by atoms with E-state index >= 15 is 0 Å². The van der Waals surface area contributed by atoms with Gasteiger partial charge in [0.25, 0.3) is 0 Å². The number of aliphatic carboxylic acids is 1. The Morgan fingerprint density at radius 1 is 1.50 bits per heavy atom. The fourth-order valence-corrected chi connectivity index (χ4v) is 1.73. The Balaban J connectivity index is 2.75. The van der Waals surface area contributed by atoms with Crippen LogP contribution in [0.4, 0.5) is 0 Å². The summed E-state index contributed by atoms with van der Waals surface area (Å²) >= 11 is 0. The highest BCUT2D eigenvalue weighted by Crippen LogP contribution is 2.16. The summed E-state index contributed by atoms with van der Waals surface area (Å²) in [6.45, 7) is 10.1. The Hall–Kier alpha value is -1.43. The van der Waals surface area contributed by atoms with Crippen molar-refractivity contribution in [2.45, 2.75) is 52.7 Å². The summed E-state index contributed by atoms with van der Waals surface area (Å²) in [6, 6.07) is 0. The van der Waals surface area contributed by atoms with Crippen molar-refractivity contribution < 1.29 is 9.90 Å². The van der Waals surface area contributed by atoms with E-state index in [0.717, 1.165) is 12.4 Å². The summed E-state index contributed by atoms with van der Waals surface area (Å²) in [5.74, 6) is 0.0963. The number of nitrogens with zero attached hydrogens (tertiary/aromatic N) is 4. The molecule has 0 amide bonds. The Labute approximate surface area is 108 Å². The normalized spacial score (nSPS) is 12.1. The molecule has 0 saturated heterocycles. The Kier molecular flexibility index (Phi) is 4.84. The number of hydrogen-bond acceptors (Lipinski definition) is 4. The number of rotatable bonds is 6. The Morgan fingerprint density at radius 3 is 2.67 bits per heavy atom. The minimum absolute atomic E-state index is 0.0973. The van der Waals surface area contributed by atoms with Crippen LogP contribution < -0.4 is 0 Å². The lowest BCUT2D eigenvalue weighted by Crippen LogP contribution is -2.42. The van der Waals surface area contributed by atoms with Crippen molar-refractivity contribution in [3.8, 4) is 0 Å². The minimum Gasteiger partial charge on any atom is -0.481 e. The average Bonchev–Trinajstić information content (AvgIpc) is 2.69. The predicted molar refractivity (Wildman–Crippen MR) is 68.1 cm³/mol. The zero-order valence-corrected chi connectivity index (χ0v) is 11.6. The van der Waals surface area contributed by atoms with E-state index in [2.05, 4.69) is 35.8 Å². The Bertz CT molecular complexity index is 395. The Morgan fingerprint density at radius 2 is 2.17 bits per heavy atom. The number of aryl methyl sites for hydroxylation is 1. The molecule has 1 N–H and O–H groups in total. The molecule has 0 aliphatic heterocycles. The molecule has 0 saturated carbocycles. The van der Waals surface area contributed by atoms with Gasteiger partial charge in [-0.1, -0.05) is 0 Å². The van der Waals surface area contributed by atoms with E-state index in [-0.39, 0.29) is 12.0 Å². The van der Waals surface area contributed by atoms with Crippen LogP contribution in [0.2, 0.25) is 0 Å². The zero-order chi connectivity index (χ0) is 13.8. The second kappa shape index (κ2) is 5.95. The quantitative estimate of drug-likeness (QED) is 0.830. The first-order valence-electron chi connectivity index (χ1n) is 6.18. The van der Waals surface area contributed by atoms with Crippen LogP contribution in [0.3, 0.4) is 0 Å². The standard InChI is InChI=1S/C12H22N4O2/c1-5-16-10(13-9-14-16)8-15(12(2,3)4)7-6-11(17)18/h9H,5-8H2,1-4H3,(H,17,18). The van der Waals surface area contributed by atoms with Gasteiger partial charge in [-0.2, -0.15) is 5.10 Å². The molecule has 6 heteroatoms. The van der Waals surface area contributed by atoms with Gasteiger partial charge in [-0.3, -0.25) is 9.69 Å². The summed E-state index contributed by atoms with van der Waals surface area (Å²) in [6.07, 6.45) is 1.68. The monoisotopic (exact) mass is 254 g/mol. The predicted octanol–water partition coefficient (Wildman–Crippen LogP) is 1.37. The summed E-state index contributed by atoms with van der Waals surface area (Å²) in [4.78, 5) is 17.0. The molecule has 0 atom stereocenters. The van der Waals surface area contributed by atoms with E-state index in [1.54, 1.807) is 0 Å². The molecule has 18 heavy (non-hydrogen) atoms. The molecule has 102 valence electrons. The summed E-state index contributed by atoms with van der Waals surface area (Å²) in [5.41, 5.74) is -0.0973. The molecule has 0 aliphatic carbocycles. The molecule has 6 nitrogen and oxygen atoms in total. The number of hydrogen-bond donors (Lipinski definition) is 1. The maximum atomic E-state index is 10.7. The maximum Gasteiger partial charge on any atom is 0.304 e. The minimum atomic E-state index is -0.777. The van der Waals surface area contributed by atoms with Crippen molar-refractivity contribution in [2.24, 2.45) is 0 Å². The summed E-state index contributed by atoms with van der Waals surface area (Å²) < 4.78 is 1.83. The van der Waals surface area contributed by atoms with Gasteiger partial charge < -0.3 is 5.11 Å². The van der Waals surface area contributed by atoms with Crippen LogP contribution in [0.1, 0.15) is 39.9 Å². The van der Waals surface area contributed by atoms with Gasteiger partial charge in [0.15, 0.2) is 0 Å². The fraction of sp³-hybridized carbons (Fsp3) is 0.750. The van der Waals surface area contributed by atoms with Crippen LogP contribution in [0.15, 0.2) is 6.33 Å². The van der Waals surface area contributed by atoms with Crippen LogP contribution in [-0.2, 0) is 17.9 Å². The molecule has 0 bridgehead atoms. The van der Waals surface area contributed by atoms with Gasteiger partial charge in [0.05, 0.1) is 13.0 Å². The SMILES string of the molecule is CCn1ncnc1CN(CCC(=O)O)C(C)(C)C. The van der Waals surface area contributed by atoms with Gasteiger partial charge in [0.2, 0.25) is 0 Å². The molecule has 1 rings (SSSR count). The number of aromatic nitrogens is 3. The summed E-state index contributed by atoms with van der Waals surface area (Å²) in [5, 5.41) is 12.9. The largest absolute Gasteiger partial charge is 0.481 e. The van der Waals surface area contributed by atoms with Crippen molar-refractivity contribution in [3.63, 3.8) is 0 Å². The number of carboxylic acid groups (broad SMARTS) is 1. The highest BCUT2D eigenvalue weighted by Gasteiger charge is 2.23. The average molecular weight is 254 g/mol. The van der Waals surface area contributed by atoms with Crippen molar-refractivity contribution in [1.29, 1.82) is 0 Å². The van der Waals surface area contributed by atoms with Crippen molar-refractivity contribution in [1.82, 2.24) is 19.7 Å². The third-order valence-corrected chi connectivity index (χ3v) is 2.87. The van der Waals surface area contributed by atoms with Gasteiger partial charge in [0, 0.05) is 18.6 Å². The summed E-state index contributed by atoms with van der Waals surface area (Å²) in [7, 11) is 0. The molecular weight excluding hydrogens is 232 g/mol. The lowest BCUT2D eigenvalue weighted by Gasteiger charge is -2.34. The first-order valence-corrected chi connectivity index (χ1v) is 6.18. The van der Waals surface area contributed by atoms with Gasteiger partial charge in [-0.25, -0.2) is 9.67 Å². The van der Waals surface area contributed by atoms with Crippen molar-refractivity contribution in [2.75, 3.05) is 6.54 Å². The molecular formula is C12H22N4O2. The van der Waals surface area contributed by atoms with Gasteiger partial charge in [-0.15, -0.1) is 0 Å². The molecule has 0 radical (unpaired) electrons. The van der Waals surface area contributed by atoms with Crippen LogP contribution in [-0.4, -0.2) is 42.8 Å². The first-order chi connectivity index (χ1) is 8.34. The van der Waals surface area contributed by atoms with Gasteiger partial charge in [-0.05, 0) is 27.7 Å². The van der Waals surface area contributed by atoms with E-state index in [9.17, 15) is 4.79 Å². The molecule has 0 aromatic carbocycles. The van der Waals surface area contributed by atoms with E-state index in [1.165, 1.54) is 6.33 Å². The molecule has 0 fully saturated rings. The lowest BCUT2D eigenvalue weighted by atomic mass is 10.1. The highest BCUT2D eigenvalue weighted by atomic mass is 16.4. The van der Waals surface area contributed by atoms with Crippen molar-refractivity contribution in [3.05, 3.63) is 12.2 Å². The van der Waals surface area contributed by atoms with Crippen molar-refractivity contribution >= 4 is 5.97 Å². The number of carbonyl (C=O) groups is 1. The van der Waals surface area contributed by atoms with E-state index < -0.39 is 5.97 Å². The molecule has 1 aromatic heterocycles. The maximum absolute atomic E-state index is 10.7. The van der Waals surface area contributed by atoms with Gasteiger partial charge >= 0.3 is 5.97 Å². The fourth-order valence-electron chi connectivity index (χ4n) is 1.73. The second-order valence-corrected chi connectivity index (χ2v) is 5.23. The van der Waals surface area contributed by atoms with E-state index in [4.69, 9.17) is 5.11 Å². The highest BCUT2D eigenvalue weighted by molar-refractivity contribution is 5.66. The molecule has 1 heterocycles. The lowest BCUT2D eigenvalue weighted by molar-refractivity contribution is -0.137. The van der Waals surface area contributed by atoms with Crippen LogP contribution >= 0.6 is 0 Å². The zero-order valence-electron chi connectivity index (χ0n) is 11.6. The third-order valence-electron chi connectivity index (χ3n) is 2.87. The van der Waals surface area contributed by atoms with Crippen LogP contribution in [0.25, 0.3) is 0 Å². The number of carboxylic acids is 1. The third kappa shape index (κ3) is 4.10. The molecule has 1 aromatic rings. The van der Waals surface area contributed by atoms with E-state index in [0.29, 0.717) is 13.1 Å². The van der Waals surface area contributed by atoms with Crippen LogP contribution in [0, 0.1) is 0 Å². The van der Waals surface area contributed by atoms with Crippen LogP contribution in [0.5, 0.6) is 0 Å². The van der Waals surface area contributed by atoms with E-state index in [1.807, 2.05) is 11.6 Å². The molecule has 0 unspecified atom stereocenters. The topological polar surface area (TPSA) is 71.2 Å². The van der Waals surface area contributed by atoms with Gasteiger partial charge in [0.1, 0.15) is 12.2 Å². The smallest absolute Gasteiger partial charge is 0.304 e.